The number of carboxylic acid groups (broad SMARTS) is 1. The fourth-order valence-electron chi connectivity index (χ4n) is 4.38. The minimum atomic E-state index is -1.18. The topological polar surface area (TPSA) is 121 Å². The number of nitrogens with zero attached hydrogens (tertiary/aromatic N) is 3. The first-order valence-electron chi connectivity index (χ1n) is 13.2. The average molecular weight is 587 g/mol. The minimum absolute atomic E-state index is 0. The number of aliphatic hydroxyl groups is 2. The molecule has 10 heteroatoms. The maximum Gasteiger partial charge on any atom is 2.00 e. The number of rotatable bonds is 12. The van der Waals surface area contributed by atoms with Crippen molar-refractivity contribution in [3.05, 3.63) is 96.1 Å². The maximum atomic E-state index is 13.9. The Hall–Kier alpha value is -3.08. The van der Waals surface area contributed by atoms with E-state index in [4.69, 9.17) is 10.2 Å². The van der Waals surface area contributed by atoms with Crippen molar-refractivity contribution in [2.45, 2.75) is 51.2 Å². The minimum Gasteiger partial charge on any atom is -1.00 e. The Balaban J connectivity index is 0.00000308. The molecule has 0 bridgehead atoms. The number of hydrogen-bond donors (Lipinski definition) is 4. The Kier molecular flexibility index (Phi) is 12.1. The molecule has 1 unspecified atom stereocenters. The quantitative estimate of drug-likeness (QED) is 0.156. The molecule has 0 saturated carbocycles. The van der Waals surface area contributed by atoms with Gasteiger partial charge in [-0.1, -0.05) is 44.2 Å². The SMILES string of the molecule is CCC(C)c1nn(-c2ccnc(Nc3ccccc3)c2)c(-c2ccc(F)cc2)c1/C=C/[C@@H](O)C[C@@H](O)CC(=O)O.[Ca+2].[H-].[H-]. The Morgan fingerprint density at radius 2 is 1.83 bits per heavy atom. The summed E-state index contributed by atoms with van der Waals surface area (Å²) < 4.78 is 15.7. The van der Waals surface area contributed by atoms with Gasteiger partial charge in [-0.2, -0.15) is 5.10 Å². The molecule has 0 aliphatic heterocycles. The number of aliphatic carboxylic acids is 1. The summed E-state index contributed by atoms with van der Waals surface area (Å²) in [4.78, 5) is 15.4. The molecule has 2 aromatic heterocycles. The zero-order chi connectivity index (χ0) is 28.6. The fraction of sp³-hybridized carbons (Fsp3) is 0.258. The summed E-state index contributed by atoms with van der Waals surface area (Å²) in [7, 11) is 0. The van der Waals surface area contributed by atoms with E-state index >= 15 is 0 Å². The Bertz CT molecular complexity index is 1470. The van der Waals surface area contributed by atoms with Gasteiger partial charge in [-0.3, -0.25) is 4.79 Å². The molecule has 4 rings (SSSR count). The third kappa shape index (κ3) is 8.70. The number of benzene rings is 2. The molecule has 0 aliphatic carbocycles. The van der Waals surface area contributed by atoms with E-state index < -0.39 is 24.6 Å². The van der Waals surface area contributed by atoms with Gasteiger partial charge in [0, 0.05) is 41.4 Å². The van der Waals surface area contributed by atoms with E-state index in [1.54, 1.807) is 29.1 Å². The van der Waals surface area contributed by atoms with Crippen molar-refractivity contribution in [1.29, 1.82) is 0 Å². The van der Waals surface area contributed by atoms with Gasteiger partial charge in [-0.15, -0.1) is 0 Å². The van der Waals surface area contributed by atoms with Crippen molar-refractivity contribution >= 4 is 61.3 Å². The summed E-state index contributed by atoms with van der Waals surface area (Å²) in [5.41, 5.74) is 4.55. The van der Waals surface area contributed by atoms with Crippen molar-refractivity contribution < 1.29 is 27.4 Å². The van der Waals surface area contributed by atoms with Gasteiger partial charge in [-0.05, 0) is 48.9 Å². The first-order chi connectivity index (χ1) is 19.2. The van der Waals surface area contributed by atoms with Gasteiger partial charge in [0.1, 0.15) is 11.6 Å². The molecule has 212 valence electrons. The number of nitrogens with one attached hydrogen (secondary N) is 1. The van der Waals surface area contributed by atoms with E-state index in [-0.39, 0.29) is 58.7 Å². The smallest absolute Gasteiger partial charge is 1.00 e. The van der Waals surface area contributed by atoms with Crippen molar-refractivity contribution in [2.75, 3.05) is 5.32 Å². The molecular weight excluding hydrogens is 551 g/mol. The van der Waals surface area contributed by atoms with Gasteiger partial charge in [0.05, 0.1) is 35.7 Å². The molecule has 41 heavy (non-hydrogen) atoms. The zero-order valence-corrected chi connectivity index (χ0v) is 25.3. The first kappa shape index (κ1) is 32.4. The van der Waals surface area contributed by atoms with Crippen LogP contribution in [0.1, 0.15) is 53.1 Å². The van der Waals surface area contributed by atoms with E-state index in [0.29, 0.717) is 11.5 Å². The number of carbonyl (C=O) groups is 1. The van der Waals surface area contributed by atoms with E-state index in [1.807, 2.05) is 42.5 Å². The van der Waals surface area contributed by atoms with Crippen LogP contribution < -0.4 is 5.32 Å². The number of carboxylic acids is 1. The van der Waals surface area contributed by atoms with Crippen LogP contribution in [-0.4, -0.2) is 86.0 Å². The summed E-state index contributed by atoms with van der Waals surface area (Å²) in [5, 5.41) is 37.7. The molecule has 2 heterocycles. The van der Waals surface area contributed by atoms with Crippen LogP contribution in [0.3, 0.4) is 0 Å². The van der Waals surface area contributed by atoms with E-state index in [1.165, 1.54) is 18.2 Å². The van der Waals surface area contributed by atoms with Crippen molar-refractivity contribution in [3.63, 3.8) is 0 Å². The molecule has 0 aliphatic rings. The number of anilines is 2. The molecule has 0 amide bonds. The summed E-state index contributed by atoms with van der Waals surface area (Å²) in [6.07, 6.45) is 2.92. The summed E-state index contributed by atoms with van der Waals surface area (Å²) in [6.45, 7) is 4.11. The molecule has 0 radical (unpaired) electrons. The Labute approximate surface area is 271 Å². The van der Waals surface area contributed by atoms with Crippen LogP contribution in [0.2, 0.25) is 0 Å². The van der Waals surface area contributed by atoms with Crippen molar-refractivity contribution in [2.24, 2.45) is 0 Å². The number of para-hydroxylation sites is 1. The Morgan fingerprint density at radius 1 is 1.12 bits per heavy atom. The van der Waals surface area contributed by atoms with Crippen LogP contribution in [0.4, 0.5) is 15.9 Å². The van der Waals surface area contributed by atoms with Gasteiger partial charge in [0.2, 0.25) is 0 Å². The second kappa shape index (κ2) is 15.2. The van der Waals surface area contributed by atoms with Crippen molar-refractivity contribution in [1.82, 2.24) is 14.8 Å². The fourth-order valence-corrected chi connectivity index (χ4v) is 4.38. The Morgan fingerprint density at radius 3 is 2.49 bits per heavy atom. The predicted octanol–water partition coefficient (Wildman–Crippen LogP) is 5.77. The number of halogens is 1. The molecule has 4 N–H and O–H groups in total. The average Bonchev–Trinajstić information content (AvgIpc) is 3.31. The van der Waals surface area contributed by atoms with E-state index in [9.17, 15) is 19.4 Å². The third-order valence-electron chi connectivity index (χ3n) is 6.59. The number of aromatic nitrogens is 3. The number of aliphatic hydroxyl groups excluding tert-OH is 2. The monoisotopic (exact) mass is 586 g/mol. The predicted molar refractivity (Wildman–Crippen MR) is 161 cm³/mol. The maximum absolute atomic E-state index is 13.9. The summed E-state index contributed by atoms with van der Waals surface area (Å²) in [6, 6.07) is 19.5. The van der Waals surface area contributed by atoms with Gasteiger partial charge in [0.15, 0.2) is 0 Å². The number of hydrogen-bond acceptors (Lipinski definition) is 6. The largest absolute Gasteiger partial charge is 2.00 e. The van der Waals surface area contributed by atoms with Crippen LogP contribution in [0.25, 0.3) is 23.0 Å². The molecule has 3 atom stereocenters. The first-order valence-corrected chi connectivity index (χ1v) is 13.2. The van der Waals surface area contributed by atoms with Gasteiger partial charge < -0.3 is 23.5 Å². The second-order valence-electron chi connectivity index (χ2n) is 9.68. The van der Waals surface area contributed by atoms with E-state index in [2.05, 4.69) is 24.1 Å². The number of pyridine rings is 1. The summed E-state index contributed by atoms with van der Waals surface area (Å²) in [5.74, 6) is -0.830. The zero-order valence-electron chi connectivity index (χ0n) is 25.1. The van der Waals surface area contributed by atoms with Gasteiger partial charge >= 0.3 is 43.7 Å². The van der Waals surface area contributed by atoms with Crippen LogP contribution in [0.15, 0.2) is 79.0 Å². The van der Waals surface area contributed by atoms with Crippen LogP contribution >= 0.6 is 0 Å². The third-order valence-corrected chi connectivity index (χ3v) is 6.59. The molecule has 0 spiro atoms. The van der Waals surface area contributed by atoms with Crippen LogP contribution in [-0.2, 0) is 4.79 Å². The molecule has 8 nitrogen and oxygen atoms in total. The standard InChI is InChI=1S/C31H33FN4O4.Ca.2H/c1-3-20(2)30-27(14-13-25(37)18-26(38)19-29(39)40)31(21-9-11-22(32)12-10-21)36(35-30)24-15-16-33-28(17-24)34-23-7-5-4-6-8-23;;;/h4-17,20,25-26,37-38H,3,18-19H2,1-2H3,(H,33,34)(H,39,40);;;/q;+2;2*-1/b14-13+;;;/t20?,25-,26-;;;/m1.../s1. The summed E-state index contributed by atoms with van der Waals surface area (Å²) >= 11 is 0. The van der Waals surface area contributed by atoms with Crippen LogP contribution in [0, 0.1) is 5.82 Å². The molecular formula is C31H35CaFN4O4. The van der Waals surface area contributed by atoms with Gasteiger partial charge in [0.25, 0.3) is 0 Å². The molecule has 4 aromatic rings. The molecule has 0 saturated heterocycles. The second-order valence-corrected chi connectivity index (χ2v) is 9.68. The van der Waals surface area contributed by atoms with Gasteiger partial charge in [-0.25, -0.2) is 14.1 Å². The van der Waals surface area contributed by atoms with E-state index in [0.717, 1.165) is 34.6 Å². The normalized spacial score (nSPS) is 13.4. The van der Waals surface area contributed by atoms with Crippen LogP contribution in [0.5, 0.6) is 0 Å². The molecule has 2 aromatic carbocycles. The van der Waals surface area contributed by atoms with Crippen molar-refractivity contribution in [3.8, 4) is 16.9 Å². The molecule has 0 fully saturated rings.